The van der Waals surface area contributed by atoms with Crippen LogP contribution in [0.1, 0.15) is 25.3 Å². The van der Waals surface area contributed by atoms with Crippen LogP contribution < -0.4 is 11.1 Å². The lowest BCUT2D eigenvalue weighted by atomic mass is 10.0. The Labute approximate surface area is 124 Å². The first kappa shape index (κ1) is 13.4. The van der Waals surface area contributed by atoms with Gasteiger partial charge in [-0.2, -0.15) is 0 Å². The van der Waals surface area contributed by atoms with Crippen LogP contribution in [0, 0.1) is 0 Å². The van der Waals surface area contributed by atoms with Gasteiger partial charge in [-0.3, -0.25) is 4.98 Å². The van der Waals surface area contributed by atoms with Crippen molar-refractivity contribution in [3.63, 3.8) is 0 Å². The second-order valence-electron chi connectivity index (χ2n) is 5.50. The molecular formula is C18H19N3. The summed E-state index contributed by atoms with van der Waals surface area (Å²) in [5.41, 5.74) is 10.9. The number of nitrogens with two attached hydrogens (primary N) is 1. The Hall–Kier alpha value is -2.55. The third kappa shape index (κ3) is 2.68. The molecule has 106 valence electrons. The van der Waals surface area contributed by atoms with Crippen LogP contribution in [0.5, 0.6) is 0 Å². The molecule has 0 saturated carbocycles. The Morgan fingerprint density at radius 2 is 1.76 bits per heavy atom. The van der Waals surface area contributed by atoms with Crippen molar-refractivity contribution in [1.82, 2.24) is 4.98 Å². The van der Waals surface area contributed by atoms with E-state index in [-0.39, 0.29) is 0 Å². The highest BCUT2D eigenvalue weighted by Crippen LogP contribution is 2.29. The van der Waals surface area contributed by atoms with E-state index < -0.39 is 0 Å². The van der Waals surface area contributed by atoms with E-state index >= 15 is 0 Å². The number of aromatic nitrogens is 1. The lowest BCUT2D eigenvalue weighted by Gasteiger charge is -2.12. The first-order valence-corrected chi connectivity index (χ1v) is 7.15. The molecule has 0 aliphatic carbocycles. The third-order valence-electron chi connectivity index (χ3n) is 3.66. The van der Waals surface area contributed by atoms with Gasteiger partial charge in [-0.05, 0) is 47.9 Å². The molecule has 1 heterocycles. The number of benzene rings is 2. The first-order chi connectivity index (χ1) is 10.1. The molecule has 0 fully saturated rings. The molecule has 3 heteroatoms. The summed E-state index contributed by atoms with van der Waals surface area (Å²) in [5, 5.41) is 4.48. The quantitative estimate of drug-likeness (QED) is 0.683. The molecule has 3 nitrogen and oxygen atoms in total. The molecule has 1 aromatic heterocycles. The van der Waals surface area contributed by atoms with Crippen LogP contribution in [0.15, 0.2) is 54.7 Å². The number of hydrogen-bond acceptors (Lipinski definition) is 3. The molecule has 0 aliphatic rings. The van der Waals surface area contributed by atoms with Crippen molar-refractivity contribution in [2.45, 2.75) is 19.8 Å². The number of nitrogens with zero attached hydrogens (tertiary/aromatic N) is 1. The topological polar surface area (TPSA) is 50.9 Å². The van der Waals surface area contributed by atoms with E-state index in [9.17, 15) is 0 Å². The van der Waals surface area contributed by atoms with Crippen LogP contribution in [0.3, 0.4) is 0 Å². The lowest BCUT2D eigenvalue weighted by Crippen LogP contribution is -1.96. The van der Waals surface area contributed by atoms with Crippen LogP contribution in [0.25, 0.3) is 10.9 Å². The summed E-state index contributed by atoms with van der Waals surface area (Å²) in [6.07, 6.45) is 1.76. The van der Waals surface area contributed by atoms with Gasteiger partial charge in [-0.1, -0.05) is 26.0 Å². The Bertz CT molecular complexity index is 761. The van der Waals surface area contributed by atoms with E-state index in [1.165, 1.54) is 5.56 Å². The average Bonchev–Trinajstić information content (AvgIpc) is 2.51. The van der Waals surface area contributed by atoms with Crippen molar-refractivity contribution in [3.8, 4) is 0 Å². The molecule has 0 radical (unpaired) electrons. The van der Waals surface area contributed by atoms with E-state index in [0.717, 1.165) is 22.3 Å². The zero-order valence-electron chi connectivity index (χ0n) is 12.3. The average molecular weight is 277 g/mol. The fourth-order valence-corrected chi connectivity index (χ4v) is 2.41. The molecule has 0 amide bonds. The second-order valence-corrected chi connectivity index (χ2v) is 5.50. The maximum Gasteiger partial charge on any atom is 0.0951 e. The van der Waals surface area contributed by atoms with Gasteiger partial charge in [0.25, 0.3) is 0 Å². The number of pyridine rings is 1. The number of fused-ring (bicyclic) bond motifs is 1. The highest BCUT2D eigenvalue weighted by Gasteiger charge is 2.05. The summed E-state index contributed by atoms with van der Waals surface area (Å²) in [6.45, 7) is 4.39. The molecule has 21 heavy (non-hydrogen) atoms. The predicted molar refractivity (Wildman–Crippen MR) is 90.0 cm³/mol. The number of rotatable bonds is 3. The molecule has 3 aromatic rings. The van der Waals surface area contributed by atoms with Crippen molar-refractivity contribution in [1.29, 1.82) is 0 Å². The number of nitrogen functional groups attached to an aromatic ring is 1. The minimum Gasteiger partial charge on any atom is -0.397 e. The predicted octanol–water partition coefficient (Wildman–Crippen LogP) is 4.68. The van der Waals surface area contributed by atoms with Crippen LogP contribution in [0.4, 0.5) is 17.1 Å². The number of nitrogens with one attached hydrogen (secondary N) is 1. The molecular weight excluding hydrogens is 258 g/mol. The molecule has 0 saturated heterocycles. The monoisotopic (exact) mass is 277 g/mol. The Morgan fingerprint density at radius 1 is 1.00 bits per heavy atom. The van der Waals surface area contributed by atoms with Gasteiger partial charge >= 0.3 is 0 Å². The smallest absolute Gasteiger partial charge is 0.0951 e. The summed E-state index contributed by atoms with van der Waals surface area (Å²) in [6, 6.07) is 16.4. The van der Waals surface area contributed by atoms with E-state index in [1.54, 1.807) is 6.20 Å². The van der Waals surface area contributed by atoms with Crippen molar-refractivity contribution in [2.75, 3.05) is 11.1 Å². The highest BCUT2D eigenvalue weighted by molar-refractivity contribution is 5.99. The van der Waals surface area contributed by atoms with Crippen molar-refractivity contribution < 1.29 is 0 Å². The standard InChI is InChI=1S/C18H19N3/c1-12(2)13-5-7-14(8-6-13)21-17-10-9-16(19)18-15(17)4-3-11-20-18/h3-12,21H,19H2,1-2H3. The molecule has 0 unspecified atom stereocenters. The Morgan fingerprint density at radius 3 is 2.48 bits per heavy atom. The fraction of sp³-hybridized carbons (Fsp3) is 0.167. The molecule has 3 rings (SSSR count). The van der Waals surface area contributed by atoms with Gasteiger partial charge in [0, 0.05) is 23.0 Å². The summed E-state index contributed by atoms with van der Waals surface area (Å²) in [4.78, 5) is 4.36. The molecule has 3 N–H and O–H groups in total. The minimum absolute atomic E-state index is 0.542. The number of anilines is 3. The molecule has 0 atom stereocenters. The highest BCUT2D eigenvalue weighted by atomic mass is 14.9. The van der Waals surface area contributed by atoms with Crippen LogP contribution in [0.2, 0.25) is 0 Å². The molecule has 0 aliphatic heterocycles. The Balaban J connectivity index is 1.96. The van der Waals surface area contributed by atoms with Gasteiger partial charge in [0.2, 0.25) is 0 Å². The minimum atomic E-state index is 0.542. The summed E-state index contributed by atoms with van der Waals surface area (Å²) < 4.78 is 0. The maximum atomic E-state index is 5.98. The zero-order chi connectivity index (χ0) is 14.8. The normalized spacial score (nSPS) is 11.0. The van der Waals surface area contributed by atoms with E-state index in [1.807, 2.05) is 24.3 Å². The van der Waals surface area contributed by atoms with Crippen LogP contribution in [-0.4, -0.2) is 4.98 Å². The molecule has 2 aromatic carbocycles. The zero-order valence-corrected chi connectivity index (χ0v) is 12.3. The summed E-state index contributed by atoms with van der Waals surface area (Å²) in [7, 11) is 0. The van der Waals surface area contributed by atoms with E-state index in [2.05, 4.69) is 48.4 Å². The SMILES string of the molecule is CC(C)c1ccc(Nc2ccc(N)c3ncccc23)cc1. The van der Waals surface area contributed by atoms with Gasteiger partial charge < -0.3 is 11.1 Å². The van der Waals surface area contributed by atoms with E-state index in [0.29, 0.717) is 11.6 Å². The molecule has 0 spiro atoms. The fourth-order valence-electron chi connectivity index (χ4n) is 2.41. The summed E-state index contributed by atoms with van der Waals surface area (Å²) >= 11 is 0. The van der Waals surface area contributed by atoms with Crippen LogP contribution >= 0.6 is 0 Å². The number of hydrogen-bond donors (Lipinski definition) is 2. The van der Waals surface area contributed by atoms with Gasteiger partial charge in [-0.15, -0.1) is 0 Å². The molecule has 0 bridgehead atoms. The lowest BCUT2D eigenvalue weighted by molar-refractivity contribution is 0.867. The third-order valence-corrected chi connectivity index (χ3v) is 3.66. The van der Waals surface area contributed by atoms with Gasteiger partial charge in [0.15, 0.2) is 0 Å². The van der Waals surface area contributed by atoms with Crippen molar-refractivity contribution in [3.05, 3.63) is 60.3 Å². The first-order valence-electron chi connectivity index (χ1n) is 7.15. The maximum absolute atomic E-state index is 5.98. The van der Waals surface area contributed by atoms with E-state index in [4.69, 9.17) is 5.73 Å². The van der Waals surface area contributed by atoms with Crippen molar-refractivity contribution >= 4 is 28.0 Å². The van der Waals surface area contributed by atoms with Crippen molar-refractivity contribution in [2.24, 2.45) is 0 Å². The van der Waals surface area contributed by atoms with Crippen LogP contribution in [-0.2, 0) is 0 Å². The summed E-state index contributed by atoms with van der Waals surface area (Å²) in [5.74, 6) is 0.542. The Kier molecular flexibility index (Phi) is 3.48. The van der Waals surface area contributed by atoms with Gasteiger partial charge in [0.05, 0.1) is 11.2 Å². The van der Waals surface area contributed by atoms with Gasteiger partial charge in [-0.25, -0.2) is 0 Å². The second kappa shape index (κ2) is 5.44. The largest absolute Gasteiger partial charge is 0.397 e. The van der Waals surface area contributed by atoms with Gasteiger partial charge in [0.1, 0.15) is 0 Å².